The number of carboxylic acid groups (broad SMARTS) is 1. The molecule has 0 spiro atoms. The van der Waals surface area contributed by atoms with Crippen LogP contribution >= 0.6 is 0 Å². The lowest BCUT2D eigenvalue weighted by Crippen LogP contribution is -2.49. The van der Waals surface area contributed by atoms with Gasteiger partial charge in [0, 0.05) is 0 Å². The first-order valence-corrected chi connectivity index (χ1v) is 5.86. The molecular weight excluding hydrogens is 208 g/mol. The molecule has 0 aromatic carbocycles. The highest BCUT2D eigenvalue weighted by Gasteiger charge is 2.42. The lowest BCUT2D eigenvalue weighted by Gasteiger charge is -2.19. The number of carbonyl (C=O) groups is 2. The summed E-state index contributed by atoms with van der Waals surface area (Å²) in [6.07, 6.45) is 3.46. The fraction of sp³-hybridized carbons (Fsp3) is 0.818. The van der Waals surface area contributed by atoms with Crippen LogP contribution in [0.4, 0.5) is 0 Å². The number of carboxylic acids is 1. The van der Waals surface area contributed by atoms with Gasteiger partial charge in [-0.2, -0.15) is 0 Å². The van der Waals surface area contributed by atoms with Gasteiger partial charge in [-0.25, -0.2) is 0 Å². The minimum atomic E-state index is -0.991. The fourth-order valence-corrected chi connectivity index (χ4v) is 2.84. The Kier molecular flexibility index (Phi) is 3.14. The average Bonchev–Trinajstić information content (AvgIpc) is 2.77. The standard InChI is InChI=1S/C11H18N2O3/c1-6(11(15)16)13-10(14)9-8-4-2-3-7(8)5-12-9/h6-9,12H,2-5H2,1H3,(H,13,14)(H,15,16). The van der Waals surface area contributed by atoms with E-state index in [9.17, 15) is 9.59 Å². The van der Waals surface area contributed by atoms with Crippen LogP contribution in [0.15, 0.2) is 0 Å². The van der Waals surface area contributed by atoms with E-state index in [-0.39, 0.29) is 11.9 Å². The summed E-state index contributed by atoms with van der Waals surface area (Å²) < 4.78 is 0. The number of aliphatic carboxylic acids is 1. The zero-order valence-corrected chi connectivity index (χ0v) is 9.40. The highest BCUT2D eigenvalue weighted by Crippen LogP contribution is 2.37. The summed E-state index contributed by atoms with van der Waals surface area (Å²) in [4.78, 5) is 22.5. The summed E-state index contributed by atoms with van der Waals surface area (Å²) in [6, 6.07) is -0.996. The number of carbonyl (C=O) groups excluding carboxylic acids is 1. The molecule has 0 bridgehead atoms. The Morgan fingerprint density at radius 3 is 2.88 bits per heavy atom. The maximum Gasteiger partial charge on any atom is 0.325 e. The highest BCUT2D eigenvalue weighted by molar-refractivity contribution is 5.87. The number of amides is 1. The molecule has 16 heavy (non-hydrogen) atoms. The van der Waals surface area contributed by atoms with Crippen LogP contribution in [-0.4, -0.2) is 35.6 Å². The Morgan fingerprint density at radius 2 is 2.19 bits per heavy atom. The average molecular weight is 226 g/mol. The van der Waals surface area contributed by atoms with Crippen LogP contribution in [0.25, 0.3) is 0 Å². The summed E-state index contributed by atoms with van der Waals surface area (Å²) in [7, 11) is 0. The maximum absolute atomic E-state index is 11.9. The van der Waals surface area contributed by atoms with Gasteiger partial charge in [-0.15, -0.1) is 0 Å². The molecule has 2 aliphatic rings. The molecule has 5 heteroatoms. The Bertz CT molecular complexity index is 306. The smallest absolute Gasteiger partial charge is 0.325 e. The van der Waals surface area contributed by atoms with Gasteiger partial charge in [-0.1, -0.05) is 6.42 Å². The summed E-state index contributed by atoms with van der Waals surface area (Å²) in [5, 5.41) is 14.5. The molecule has 4 atom stereocenters. The van der Waals surface area contributed by atoms with Crippen LogP contribution in [0.2, 0.25) is 0 Å². The van der Waals surface area contributed by atoms with E-state index in [1.165, 1.54) is 19.8 Å². The van der Waals surface area contributed by atoms with E-state index in [0.29, 0.717) is 11.8 Å². The molecule has 3 N–H and O–H groups in total. The third-order valence-electron chi connectivity index (χ3n) is 3.76. The lowest BCUT2D eigenvalue weighted by molar-refractivity contribution is -0.141. The molecule has 0 radical (unpaired) electrons. The van der Waals surface area contributed by atoms with Crippen molar-refractivity contribution in [2.45, 2.75) is 38.3 Å². The summed E-state index contributed by atoms with van der Waals surface area (Å²) in [5.74, 6) is -0.143. The minimum absolute atomic E-state index is 0.163. The van der Waals surface area contributed by atoms with Gasteiger partial charge in [0.15, 0.2) is 0 Å². The molecule has 1 saturated heterocycles. The molecule has 0 aromatic rings. The largest absolute Gasteiger partial charge is 0.480 e. The Hall–Kier alpha value is -1.10. The zero-order valence-electron chi connectivity index (χ0n) is 9.40. The van der Waals surface area contributed by atoms with Gasteiger partial charge in [0.1, 0.15) is 6.04 Å². The lowest BCUT2D eigenvalue weighted by atomic mass is 9.93. The maximum atomic E-state index is 11.9. The molecule has 1 aliphatic carbocycles. The second kappa shape index (κ2) is 4.41. The minimum Gasteiger partial charge on any atom is -0.480 e. The molecule has 5 nitrogen and oxygen atoms in total. The van der Waals surface area contributed by atoms with E-state index in [4.69, 9.17) is 5.11 Å². The number of hydrogen-bond acceptors (Lipinski definition) is 3. The van der Waals surface area contributed by atoms with E-state index in [0.717, 1.165) is 13.0 Å². The second-order valence-electron chi connectivity index (χ2n) is 4.81. The van der Waals surface area contributed by atoms with E-state index < -0.39 is 12.0 Å². The number of hydrogen-bond donors (Lipinski definition) is 3. The van der Waals surface area contributed by atoms with E-state index in [1.54, 1.807) is 0 Å². The highest BCUT2D eigenvalue weighted by atomic mass is 16.4. The third-order valence-corrected chi connectivity index (χ3v) is 3.76. The SMILES string of the molecule is CC(NC(=O)C1NCC2CCCC21)C(=O)O. The summed E-state index contributed by atoms with van der Waals surface area (Å²) in [5.41, 5.74) is 0. The van der Waals surface area contributed by atoms with Crippen LogP contribution in [0, 0.1) is 11.8 Å². The van der Waals surface area contributed by atoms with Crippen molar-refractivity contribution in [1.29, 1.82) is 0 Å². The predicted octanol–water partition coefficient (Wildman–Crippen LogP) is -0.0362. The Labute approximate surface area is 94.6 Å². The second-order valence-corrected chi connectivity index (χ2v) is 4.81. The molecular formula is C11H18N2O3. The van der Waals surface area contributed by atoms with Gasteiger partial charge >= 0.3 is 5.97 Å². The molecule has 4 unspecified atom stereocenters. The van der Waals surface area contributed by atoms with Crippen molar-refractivity contribution < 1.29 is 14.7 Å². The topological polar surface area (TPSA) is 78.4 Å². The molecule has 1 saturated carbocycles. The van der Waals surface area contributed by atoms with E-state index in [1.807, 2.05) is 0 Å². The number of rotatable bonds is 3. The molecule has 1 aliphatic heterocycles. The van der Waals surface area contributed by atoms with Crippen molar-refractivity contribution in [1.82, 2.24) is 10.6 Å². The van der Waals surface area contributed by atoms with Gasteiger partial charge in [-0.05, 0) is 38.1 Å². The first-order chi connectivity index (χ1) is 7.59. The third kappa shape index (κ3) is 2.04. The zero-order chi connectivity index (χ0) is 11.7. The van der Waals surface area contributed by atoms with E-state index >= 15 is 0 Å². The molecule has 2 fully saturated rings. The summed E-state index contributed by atoms with van der Waals surface area (Å²) >= 11 is 0. The van der Waals surface area contributed by atoms with Gasteiger partial charge in [0.2, 0.25) is 5.91 Å². The Balaban J connectivity index is 1.92. The van der Waals surface area contributed by atoms with Crippen LogP contribution in [0.5, 0.6) is 0 Å². The van der Waals surface area contributed by atoms with Gasteiger partial charge < -0.3 is 15.7 Å². The molecule has 0 aromatic heterocycles. The molecule has 2 rings (SSSR count). The van der Waals surface area contributed by atoms with Crippen molar-refractivity contribution >= 4 is 11.9 Å². The van der Waals surface area contributed by atoms with Crippen molar-refractivity contribution in [2.75, 3.05) is 6.54 Å². The number of nitrogens with one attached hydrogen (secondary N) is 2. The van der Waals surface area contributed by atoms with Gasteiger partial charge in [0.05, 0.1) is 6.04 Å². The molecule has 1 heterocycles. The van der Waals surface area contributed by atoms with Gasteiger partial charge in [0.25, 0.3) is 0 Å². The van der Waals surface area contributed by atoms with Crippen LogP contribution in [0.3, 0.4) is 0 Å². The Morgan fingerprint density at radius 1 is 1.44 bits per heavy atom. The normalized spacial score (nSPS) is 34.4. The van der Waals surface area contributed by atoms with Crippen molar-refractivity contribution in [2.24, 2.45) is 11.8 Å². The van der Waals surface area contributed by atoms with Gasteiger partial charge in [-0.3, -0.25) is 9.59 Å². The van der Waals surface area contributed by atoms with Crippen molar-refractivity contribution in [3.05, 3.63) is 0 Å². The van der Waals surface area contributed by atoms with Crippen LogP contribution in [0.1, 0.15) is 26.2 Å². The monoisotopic (exact) mass is 226 g/mol. The predicted molar refractivity (Wildman–Crippen MR) is 57.9 cm³/mol. The fourth-order valence-electron chi connectivity index (χ4n) is 2.84. The van der Waals surface area contributed by atoms with E-state index in [2.05, 4.69) is 10.6 Å². The molecule has 90 valence electrons. The van der Waals surface area contributed by atoms with Crippen LogP contribution in [-0.2, 0) is 9.59 Å². The quantitative estimate of drug-likeness (QED) is 0.631. The first kappa shape index (κ1) is 11.4. The first-order valence-electron chi connectivity index (χ1n) is 5.86. The summed E-state index contributed by atoms with van der Waals surface area (Å²) in [6.45, 7) is 2.38. The number of fused-ring (bicyclic) bond motifs is 1. The molecule has 1 amide bonds. The van der Waals surface area contributed by atoms with Crippen LogP contribution < -0.4 is 10.6 Å². The van der Waals surface area contributed by atoms with Crippen molar-refractivity contribution in [3.8, 4) is 0 Å². The van der Waals surface area contributed by atoms with Crippen molar-refractivity contribution in [3.63, 3.8) is 0 Å².